The van der Waals surface area contributed by atoms with Gasteiger partial charge in [0.15, 0.2) is 17.4 Å². The van der Waals surface area contributed by atoms with Gasteiger partial charge in [-0.25, -0.2) is 13.8 Å². The Bertz CT molecular complexity index is 3190. The summed E-state index contributed by atoms with van der Waals surface area (Å²) in [5.74, 6) is -3.23. The van der Waals surface area contributed by atoms with Crippen LogP contribution in [0.2, 0.25) is 5.02 Å². The molecule has 6 N–H and O–H groups in total. The van der Waals surface area contributed by atoms with Crippen molar-refractivity contribution >= 4 is 58.5 Å². The number of carbonyl (C=O) groups is 6. The van der Waals surface area contributed by atoms with Gasteiger partial charge in [-0.15, -0.1) is 0 Å². The zero-order valence-corrected chi connectivity index (χ0v) is 49.0. The predicted octanol–water partition coefficient (Wildman–Crippen LogP) is 7.36. The van der Waals surface area contributed by atoms with Crippen molar-refractivity contribution in [2.45, 2.75) is 104 Å². The van der Waals surface area contributed by atoms with Gasteiger partial charge in [-0.3, -0.25) is 28.8 Å². The largest absolute Gasteiger partial charge is 0.491 e. The topological polar surface area (TPSA) is 236 Å². The highest BCUT2D eigenvalue weighted by atomic mass is 35.5. The number of piperazine rings is 1. The SMILES string of the molecule is CN[C@@H](C)C(=O)N[C@H](C(=O)N1Cc2cc(OCCOCCOCCC(=O)N3CCN(C(=O)c4ccc(NC(=O)c5cnc(N)c(O[C@H](C)c6c(F)ccc(Cl)c6F)c5)cc4)CC3)ccc2C[C@H]1C(=O)N[C@@H]1CCCc2ccccc21)C(C)(C)C. The Balaban J connectivity index is 0.742. The van der Waals surface area contributed by atoms with E-state index in [1.165, 1.54) is 24.8 Å². The quantitative estimate of drug-likeness (QED) is 0.0337. The van der Waals surface area contributed by atoms with E-state index in [4.69, 9.17) is 36.3 Å². The van der Waals surface area contributed by atoms with E-state index in [1.54, 1.807) is 52.9 Å². The molecule has 0 spiro atoms. The van der Waals surface area contributed by atoms with Crippen molar-refractivity contribution in [2.24, 2.45) is 5.41 Å². The average Bonchev–Trinajstić information content (AvgIpc) is 1.74. The minimum Gasteiger partial charge on any atom is -0.491 e. The van der Waals surface area contributed by atoms with Crippen LogP contribution in [0.15, 0.2) is 91.1 Å². The average molecular weight is 1180 g/mol. The number of hydrogen-bond donors (Lipinski definition) is 5. The van der Waals surface area contributed by atoms with E-state index >= 15 is 0 Å². The van der Waals surface area contributed by atoms with Crippen LogP contribution < -0.4 is 36.5 Å². The molecule has 6 amide bonds. The second kappa shape index (κ2) is 28.2. The third-order valence-electron chi connectivity index (χ3n) is 15.4. The molecule has 0 saturated carbocycles. The van der Waals surface area contributed by atoms with Crippen molar-refractivity contribution < 1.29 is 56.5 Å². The first kappa shape index (κ1) is 62.3. The maximum atomic E-state index is 14.7. The van der Waals surface area contributed by atoms with Crippen molar-refractivity contribution in [3.05, 3.63) is 147 Å². The fourth-order valence-corrected chi connectivity index (χ4v) is 10.6. The van der Waals surface area contributed by atoms with Crippen molar-refractivity contribution in [2.75, 3.05) is 77.3 Å². The number of fused-ring (bicyclic) bond motifs is 2. The molecule has 1 aliphatic carbocycles. The molecule has 1 fully saturated rings. The molecule has 2 aliphatic heterocycles. The Hall–Kier alpha value is -7.72. The lowest BCUT2D eigenvalue weighted by atomic mass is 9.83. The maximum absolute atomic E-state index is 14.7. The Morgan fingerprint density at radius 2 is 1.52 bits per heavy atom. The van der Waals surface area contributed by atoms with Gasteiger partial charge in [0.05, 0.1) is 61.1 Å². The normalized spacial score (nSPS) is 17.0. The molecule has 1 aromatic heterocycles. The molecule has 5 atom stereocenters. The summed E-state index contributed by atoms with van der Waals surface area (Å²) >= 11 is 5.84. The van der Waals surface area contributed by atoms with Crippen molar-refractivity contribution in [3.8, 4) is 11.5 Å². The standard InChI is InChI=1S/C62H74ClF2N9O10/c1-37(67-6)57(76)71-55(62(3,4)5)61(80)74-36-43-32-45(19-16-41(43)33-50(74)59(78)70-49-13-9-11-39-10-7-8-12-46(39)49)83-31-30-82-29-28-81-27-22-52(75)72-23-25-73(26-24-72)60(79)40-14-17-44(18-15-40)69-58(77)42-34-51(56(66)68-35-42)84-38(2)53-48(64)21-20-47(63)54(53)65/h7-8,10,12,14-21,32,34-35,37-38,49-50,55,67H,9,11,13,22-31,33,36H2,1-6H3,(H2,66,68)(H,69,77)(H,70,78)(H,71,76)/t37-,38+,49+,50-,55+/m0/s1. The number of aryl methyl sites for hydroxylation is 1. The second-order valence-electron chi connectivity index (χ2n) is 22.2. The lowest BCUT2D eigenvalue weighted by Crippen LogP contribution is -2.62. The van der Waals surface area contributed by atoms with Gasteiger partial charge in [0.2, 0.25) is 23.6 Å². The van der Waals surface area contributed by atoms with E-state index in [1.807, 2.05) is 51.1 Å². The minimum absolute atomic E-state index is 0.0521. The van der Waals surface area contributed by atoms with Crippen LogP contribution in [0.1, 0.15) is 115 Å². The molecule has 0 unspecified atom stereocenters. The number of nitrogen functional groups attached to an aromatic ring is 1. The number of halogens is 3. The van der Waals surface area contributed by atoms with Gasteiger partial charge in [0.25, 0.3) is 11.8 Å². The van der Waals surface area contributed by atoms with Crippen LogP contribution in [0.3, 0.4) is 0 Å². The van der Waals surface area contributed by atoms with Gasteiger partial charge in [-0.2, -0.15) is 0 Å². The van der Waals surface area contributed by atoms with Crippen LogP contribution in [0, 0.1) is 17.0 Å². The molecule has 4 aromatic carbocycles. The van der Waals surface area contributed by atoms with Crippen molar-refractivity contribution in [3.63, 3.8) is 0 Å². The molecular formula is C62H74ClF2N9O10. The number of nitrogens with one attached hydrogen (secondary N) is 4. The molecule has 1 saturated heterocycles. The van der Waals surface area contributed by atoms with Crippen molar-refractivity contribution in [1.82, 2.24) is 35.6 Å². The van der Waals surface area contributed by atoms with Crippen LogP contribution in [0.25, 0.3) is 0 Å². The lowest BCUT2D eigenvalue weighted by molar-refractivity contribution is -0.147. The summed E-state index contributed by atoms with van der Waals surface area (Å²) in [6, 6.07) is 21.1. The molecule has 22 heteroatoms. The Morgan fingerprint density at radius 3 is 2.25 bits per heavy atom. The summed E-state index contributed by atoms with van der Waals surface area (Å²) in [7, 11) is 1.68. The first-order chi connectivity index (χ1) is 40.2. The van der Waals surface area contributed by atoms with Gasteiger partial charge in [-0.1, -0.05) is 62.7 Å². The highest BCUT2D eigenvalue weighted by Gasteiger charge is 2.43. The fraction of sp³-hybridized carbons (Fsp3) is 0.435. The molecular weight excluding hydrogens is 1100 g/mol. The molecule has 19 nitrogen and oxygen atoms in total. The predicted molar refractivity (Wildman–Crippen MR) is 312 cm³/mol. The number of rotatable bonds is 22. The van der Waals surface area contributed by atoms with E-state index in [2.05, 4.69) is 38.4 Å². The van der Waals surface area contributed by atoms with E-state index < -0.39 is 52.7 Å². The molecule has 3 aliphatic rings. The molecule has 0 bridgehead atoms. The third-order valence-corrected chi connectivity index (χ3v) is 15.7. The molecule has 5 aromatic rings. The number of carbonyl (C=O) groups excluding carboxylic acids is 6. The van der Waals surface area contributed by atoms with Gasteiger partial charge in [-0.05, 0) is 122 Å². The number of hydrogen-bond acceptors (Lipinski definition) is 13. The van der Waals surface area contributed by atoms with Gasteiger partial charge < -0.3 is 60.6 Å². The molecule has 3 heterocycles. The third kappa shape index (κ3) is 15.5. The monoisotopic (exact) mass is 1180 g/mol. The number of ether oxygens (including phenoxy) is 4. The number of anilines is 2. The first-order valence-electron chi connectivity index (χ1n) is 28.3. The summed E-state index contributed by atoms with van der Waals surface area (Å²) in [5, 5.41) is 11.6. The number of nitrogens with zero attached hydrogens (tertiary/aromatic N) is 4. The van der Waals surface area contributed by atoms with Crippen LogP contribution in [0.5, 0.6) is 11.5 Å². The minimum atomic E-state index is -1.16. The van der Waals surface area contributed by atoms with Gasteiger partial charge in [0.1, 0.15) is 36.4 Å². The zero-order chi connectivity index (χ0) is 60.2. The summed E-state index contributed by atoms with van der Waals surface area (Å²) < 4.78 is 52.4. The number of benzene rings is 4. The Morgan fingerprint density at radius 1 is 0.821 bits per heavy atom. The van der Waals surface area contributed by atoms with Crippen LogP contribution in [0.4, 0.5) is 20.3 Å². The smallest absolute Gasteiger partial charge is 0.257 e. The highest BCUT2D eigenvalue weighted by Crippen LogP contribution is 2.35. The lowest BCUT2D eigenvalue weighted by Gasteiger charge is -2.41. The molecule has 0 radical (unpaired) electrons. The van der Waals surface area contributed by atoms with E-state index in [0.717, 1.165) is 48.1 Å². The van der Waals surface area contributed by atoms with E-state index in [0.29, 0.717) is 43.2 Å². The summed E-state index contributed by atoms with van der Waals surface area (Å²) in [6.07, 6.45) is 3.20. The van der Waals surface area contributed by atoms with Gasteiger partial charge >= 0.3 is 0 Å². The van der Waals surface area contributed by atoms with Gasteiger partial charge in [0, 0.05) is 56.6 Å². The molecule has 84 heavy (non-hydrogen) atoms. The van der Waals surface area contributed by atoms with Crippen LogP contribution >= 0.6 is 11.6 Å². The highest BCUT2D eigenvalue weighted by molar-refractivity contribution is 6.30. The number of amides is 6. The van der Waals surface area contributed by atoms with E-state index in [9.17, 15) is 37.5 Å². The second-order valence-corrected chi connectivity index (χ2v) is 22.6. The first-order valence-corrected chi connectivity index (χ1v) is 28.7. The number of likely N-dealkylation sites (N-methyl/N-ethyl adjacent to an activating group) is 1. The zero-order valence-electron chi connectivity index (χ0n) is 48.2. The molecule has 8 rings (SSSR count). The fourth-order valence-electron chi connectivity index (χ4n) is 10.4. The van der Waals surface area contributed by atoms with Crippen LogP contribution in [-0.4, -0.2) is 140 Å². The number of nitrogens with two attached hydrogens (primary N) is 1. The summed E-state index contributed by atoms with van der Waals surface area (Å²) in [5.41, 5.74) is 9.78. The summed E-state index contributed by atoms with van der Waals surface area (Å²) in [4.78, 5) is 90.9. The number of aromatic nitrogens is 1. The Labute approximate surface area is 493 Å². The van der Waals surface area contributed by atoms with Crippen molar-refractivity contribution in [1.29, 1.82) is 0 Å². The van der Waals surface area contributed by atoms with E-state index in [-0.39, 0.29) is 110 Å². The van der Waals surface area contributed by atoms with Crippen LogP contribution in [-0.2, 0) is 48.0 Å². The molecule has 448 valence electrons. The summed E-state index contributed by atoms with van der Waals surface area (Å²) in [6.45, 7) is 11.6. The number of pyridine rings is 1. The maximum Gasteiger partial charge on any atom is 0.257 e. The Kier molecular flexibility index (Phi) is 21.0.